The van der Waals surface area contributed by atoms with Crippen LogP contribution in [0.2, 0.25) is 0 Å². The van der Waals surface area contributed by atoms with Crippen LogP contribution >= 0.6 is 0 Å². The molecule has 0 bridgehead atoms. The fraction of sp³-hybridized carbons (Fsp3) is 0.489. The number of phenols is 4. The third-order valence-electron chi connectivity index (χ3n) is 11.5. The van der Waals surface area contributed by atoms with Crippen molar-refractivity contribution in [3.63, 3.8) is 0 Å². The SMILES string of the molecule is Cc1cc(C)c(O)c(C(c2cc(C)cc(C)c2O)C(C)C)c1.Cc1cc(Cc2cc(C)cc(C3CCCCC3)c2O)c(O)c(C2CCCCC2)c1. The molecular weight excluding hydrogens is 629 g/mol. The molecule has 4 heteroatoms. The quantitative estimate of drug-likeness (QED) is 0.156. The molecule has 0 atom stereocenters. The van der Waals surface area contributed by atoms with Gasteiger partial charge in [-0.1, -0.05) is 123 Å². The maximum atomic E-state index is 11.1. The third kappa shape index (κ3) is 8.94. The number of phenolic OH excluding ortho intramolecular Hbond substituents is 4. The molecule has 0 unspecified atom stereocenters. The van der Waals surface area contributed by atoms with E-state index in [9.17, 15) is 20.4 Å². The van der Waals surface area contributed by atoms with E-state index in [0.717, 1.165) is 55.6 Å². The molecule has 0 heterocycles. The highest BCUT2D eigenvalue weighted by Crippen LogP contribution is 2.45. The summed E-state index contributed by atoms with van der Waals surface area (Å²) in [7, 11) is 0. The number of hydrogen-bond acceptors (Lipinski definition) is 4. The van der Waals surface area contributed by atoms with Gasteiger partial charge in [0.25, 0.3) is 0 Å². The van der Waals surface area contributed by atoms with Gasteiger partial charge in [-0.15, -0.1) is 0 Å². The first kappa shape index (κ1) is 38.3. The van der Waals surface area contributed by atoms with E-state index in [2.05, 4.69) is 52.0 Å². The Labute approximate surface area is 307 Å². The van der Waals surface area contributed by atoms with Crippen molar-refractivity contribution in [2.45, 2.75) is 144 Å². The van der Waals surface area contributed by atoms with Gasteiger partial charge in [0.05, 0.1) is 0 Å². The molecule has 4 aromatic rings. The molecule has 4 aromatic carbocycles. The first-order chi connectivity index (χ1) is 24.2. The van der Waals surface area contributed by atoms with Crippen LogP contribution in [0.25, 0.3) is 0 Å². The van der Waals surface area contributed by atoms with E-state index in [1.807, 2.05) is 52.0 Å². The average molecular weight is 691 g/mol. The van der Waals surface area contributed by atoms with Gasteiger partial charge in [-0.2, -0.15) is 0 Å². The van der Waals surface area contributed by atoms with Crippen LogP contribution in [0.1, 0.15) is 163 Å². The molecule has 0 aromatic heterocycles. The predicted molar refractivity (Wildman–Crippen MR) is 212 cm³/mol. The van der Waals surface area contributed by atoms with Gasteiger partial charge in [0.1, 0.15) is 23.0 Å². The minimum atomic E-state index is -0.0304. The highest BCUT2D eigenvalue weighted by atomic mass is 16.3. The second-order valence-corrected chi connectivity index (χ2v) is 16.3. The summed E-state index contributed by atoms with van der Waals surface area (Å²) in [4.78, 5) is 0. The molecule has 2 aliphatic carbocycles. The van der Waals surface area contributed by atoms with Crippen molar-refractivity contribution in [2.75, 3.05) is 0 Å². The maximum absolute atomic E-state index is 11.1. The fourth-order valence-corrected chi connectivity index (χ4v) is 9.04. The highest BCUT2D eigenvalue weighted by Gasteiger charge is 2.27. The largest absolute Gasteiger partial charge is 0.507 e. The minimum Gasteiger partial charge on any atom is -0.507 e. The van der Waals surface area contributed by atoms with Crippen LogP contribution in [0.4, 0.5) is 0 Å². The Morgan fingerprint density at radius 3 is 1.18 bits per heavy atom. The first-order valence-corrected chi connectivity index (χ1v) is 19.5. The van der Waals surface area contributed by atoms with Crippen molar-refractivity contribution in [1.29, 1.82) is 0 Å². The lowest BCUT2D eigenvalue weighted by Gasteiger charge is -2.26. The third-order valence-corrected chi connectivity index (χ3v) is 11.5. The van der Waals surface area contributed by atoms with Gasteiger partial charge in [0.15, 0.2) is 0 Å². The molecule has 0 aliphatic heterocycles. The minimum absolute atomic E-state index is 0.0304. The summed E-state index contributed by atoms with van der Waals surface area (Å²) in [6, 6.07) is 16.6. The van der Waals surface area contributed by atoms with Gasteiger partial charge in [-0.05, 0) is 118 Å². The molecule has 51 heavy (non-hydrogen) atoms. The molecule has 0 radical (unpaired) electrons. The second kappa shape index (κ2) is 16.6. The molecule has 0 spiro atoms. The van der Waals surface area contributed by atoms with Crippen molar-refractivity contribution in [2.24, 2.45) is 5.92 Å². The van der Waals surface area contributed by atoms with Crippen LogP contribution in [0.15, 0.2) is 48.5 Å². The number of benzene rings is 4. The van der Waals surface area contributed by atoms with E-state index in [1.165, 1.54) is 75.3 Å². The van der Waals surface area contributed by atoms with Gasteiger partial charge < -0.3 is 20.4 Å². The van der Waals surface area contributed by atoms with Crippen molar-refractivity contribution in [3.05, 3.63) is 115 Å². The Bertz CT molecular complexity index is 1690. The van der Waals surface area contributed by atoms with E-state index in [1.54, 1.807) is 0 Å². The lowest BCUT2D eigenvalue weighted by Crippen LogP contribution is -2.11. The summed E-state index contributed by atoms with van der Waals surface area (Å²) in [5.41, 5.74) is 12.4. The number of aryl methyl sites for hydroxylation is 6. The second-order valence-electron chi connectivity index (χ2n) is 16.3. The zero-order valence-corrected chi connectivity index (χ0v) is 32.5. The van der Waals surface area contributed by atoms with Gasteiger partial charge >= 0.3 is 0 Å². The smallest absolute Gasteiger partial charge is 0.122 e. The molecule has 2 saturated carbocycles. The van der Waals surface area contributed by atoms with Crippen LogP contribution in [0, 0.1) is 47.5 Å². The zero-order valence-electron chi connectivity index (χ0n) is 32.5. The Kier molecular flexibility index (Phi) is 12.5. The van der Waals surface area contributed by atoms with Crippen LogP contribution in [0.3, 0.4) is 0 Å². The number of aromatic hydroxyl groups is 4. The average Bonchev–Trinajstić information content (AvgIpc) is 3.09. The molecular formula is C47H62O4. The van der Waals surface area contributed by atoms with Crippen molar-refractivity contribution in [1.82, 2.24) is 0 Å². The molecule has 0 saturated heterocycles. The van der Waals surface area contributed by atoms with Gasteiger partial charge in [-0.3, -0.25) is 0 Å². The Morgan fingerprint density at radius 2 is 0.824 bits per heavy atom. The Morgan fingerprint density at radius 1 is 0.471 bits per heavy atom. The van der Waals surface area contributed by atoms with Crippen molar-refractivity contribution in [3.8, 4) is 23.0 Å². The van der Waals surface area contributed by atoms with E-state index in [4.69, 9.17) is 0 Å². The maximum Gasteiger partial charge on any atom is 0.122 e. The predicted octanol–water partition coefficient (Wildman–Crippen LogP) is 12.5. The monoisotopic (exact) mass is 690 g/mol. The summed E-state index contributed by atoms with van der Waals surface area (Å²) < 4.78 is 0. The van der Waals surface area contributed by atoms with Crippen molar-refractivity contribution >= 4 is 0 Å². The highest BCUT2D eigenvalue weighted by molar-refractivity contribution is 5.54. The summed E-state index contributed by atoms with van der Waals surface area (Å²) in [6.45, 7) is 16.4. The van der Waals surface area contributed by atoms with E-state index in [0.29, 0.717) is 41.3 Å². The Hall–Kier alpha value is -3.92. The topological polar surface area (TPSA) is 80.9 Å². The normalized spacial score (nSPS) is 15.6. The first-order valence-electron chi connectivity index (χ1n) is 19.5. The van der Waals surface area contributed by atoms with Crippen LogP contribution < -0.4 is 0 Å². The van der Waals surface area contributed by atoms with E-state index in [-0.39, 0.29) is 11.8 Å². The van der Waals surface area contributed by atoms with Gasteiger partial charge in [0.2, 0.25) is 0 Å². The number of hydrogen-bond donors (Lipinski definition) is 4. The zero-order chi connectivity index (χ0) is 37.0. The van der Waals surface area contributed by atoms with Crippen LogP contribution in [-0.2, 0) is 6.42 Å². The molecule has 6 rings (SSSR count). The molecule has 2 aliphatic rings. The van der Waals surface area contributed by atoms with Crippen LogP contribution in [-0.4, -0.2) is 20.4 Å². The summed E-state index contributed by atoms with van der Waals surface area (Å²) >= 11 is 0. The molecule has 4 nitrogen and oxygen atoms in total. The van der Waals surface area contributed by atoms with E-state index < -0.39 is 0 Å². The molecule has 0 amide bonds. The fourth-order valence-electron chi connectivity index (χ4n) is 9.04. The molecule has 274 valence electrons. The van der Waals surface area contributed by atoms with E-state index >= 15 is 0 Å². The standard InChI is InChI=1S/C27H36O2.C20H26O2/c1-18-13-22(26(28)24(15-18)20-9-5-3-6-10-20)17-23-14-19(2)16-25(27(23)29)21-11-7-4-8-12-21;1-11(2)18(16-9-12(3)7-14(5)19(16)21)17-10-13(4)8-15(6)20(17)22/h13-16,20-21,28-29H,3-12,17H2,1-2H3;7-11,18,21-22H,1-6H3. The van der Waals surface area contributed by atoms with Gasteiger partial charge in [-0.25, -0.2) is 0 Å². The van der Waals surface area contributed by atoms with Crippen molar-refractivity contribution < 1.29 is 20.4 Å². The number of rotatable bonds is 7. The summed E-state index contributed by atoms with van der Waals surface area (Å²) in [5.74, 6) is 2.78. The van der Waals surface area contributed by atoms with Crippen LogP contribution in [0.5, 0.6) is 23.0 Å². The molecule has 2 fully saturated rings. The lowest BCUT2D eigenvalue weighted by molar-refractivity contribution is 0.408. The molecule has 4 N–H and O–H groups in total. The summed E-state index contributed by atoms with van der Waals surface area (Å²) in [6.07, 6.45) is 13.0. The summed E-state index contributed by atoms with van der Waals surface area (Å²) in [5, 5.41) is 43.3. The lowest BCUT2D eigenvalue weighted by atomic mass is 9.79. The Balaban J connectivity index is 0.000000206. The van der Waals surface area contributed by atoms with Gasteiger partial charge in [0, 0.05) is 23.5 Å².